The zero-order valence-electron chi connectivity index (χ0n) is 24.2. The Labute approximate surface area is 254 Å². The van der Waals surface area contributed by atoms with E-state index in [4.69, 9.17) is 28.4 Å². The van der Waals surface area contributed by atoms with Gasteiger partial charge >= 0.3 is 0 Å². The number of hydrogen-bond donors (Lipinski definition) is 8. The number of nitrogens with one attached hydrogen (secondary N) is 1. The van der Waals surface area contributed by atoms with E-state index in [1.54, 1.807) is 0 Å². The van der Waals surface area contributed by atoms with Gasteiger partial charge in [-0.3, -0.25) is 0 Å². The molecule has 0 aromatic heterocycles. The Balaban J connectivity index is 1.22. The third kappa shape index (κ3) is 7.50. The summed E-state index contributed by atoms with van der Waals surface area (Å²) in [6, 6.07) is 15.1. The maximum Gasteiger partial charge on any atom is 0.231 e. The summed E-state index contributed by atoms with van der Waals surface area (Å²) in [4.78, 5) is 0. The maximum atomic E-state index is 10.8. The summed E-state index contributed by atoms with van der Waals surface area (Å²) < 4.78 is 33.8. The van der Waals surface area contributed by atoms with Crippen molar-refractivity contribution in [1.82, 2.24) is 5.32 Å². The summed E-state index contributed by atoms with van der Waals surface area (Å²) in [5.74, 6) is 1.41. The average molecular weight is 624 g/mol. The molecular weight excluding hydrogens is 582 g/mol. The van der Waals surface area contributed by atoms with Crippen LogP contribution in [0.2, 0.25) is 0 Å². The van der Waals surface area contributed by atoms with Crippen molar-refractivity contribution in [3.8, 4) is 11.5 Å². The molecule has 0 radical (unpaired) electrons. The molecule has 2 aromatic rings. The number of aliphatic hydroxyl groups excluding tert-OH is 7. The largest absolute Gasteiger partial charge is 0.454 e. The van der Waals surface area contributed by atoms with Crippen LogP contribution < -0.4 is 14.8 Å². The molecule has 3 aliphatic heterocycles. The first kappa shape index (κ1) is 32.9. The smallest absolute Gasteiger partial charge is 0.231 e. The van der Waals surface area contributed by atoms with Crippen molar-refractivity contribution in [2.45, 2.75) is 86.9 Å². The Morgan fingerprint density at radius 2 is 1.45 bits per heavy atom. The minimum Gasteiger partial charge on any atom is -0.454 e. The summed E-state index contributed by atoms with van der Waals surface area (Å²) in [5, 5.41) is 75.1. The molecule has 0 spiro atoms. The number of benzene rings is 2. The van der Waals surface area contributed by atoms with Crippen molar-refractivity contribution in [3.05, 3.63) is 59.7 Å². The third-order valence-electron chi connectivity index (χ3n) is 8.04. The highest BCUT2D eigenvalue weighted by Crippen LogP contribution is 2.33. The van der Waals surface area contributed by atoms with E-state index in [2.05, 4.69) is 5.32 Å². The van der Waals surface area contributed by atoms with E-state index in [1.807, 2.05) is 55.5 Å². The first-order chi connectivity index (χ1) is 21.2. The van der Waals surface area contributed by atoms with Gasteiger partial charge in [0.1, 0.15) is 48.8 Å². The highest BCUT2D eigenvalue weighted by atomic mass is 16.7. The molecule has 14 nitrogen and oxygen atoms in total. The Kier molecular flexibility index (Phi) is 11.1. The molecule has 8 N–H and O–H groups in total. The van der Waals surface area contributed by atoms with E-state index in [1.165, 1.54) is 0 Å². The number of hydrogen-bond acceptors (Lipinski definition) is 14. The second-order valence-corrected chi connectivity index (χ2v) is 11.3. The monoisotopic (exact) mass is 623 g/mol. The summed E-state index contributed by atoms with van der Waals surface area (Å²) in [5.41, 5.74) is 1.83. The molecule has 0 amide bonds. The molecule has 3 aliphatic rings. The lowest BCUT2D eigenvalue weighted by Crippen LogP contribution is -2.62. The van der Waals surface area contributed by atoms with Gasteiger partial charge in [0.25, 0.3) is 0 Å². The van der Waals surface area contributed by atoms with Gasteiger partial charge in [0.15, 0.2) is 24.1 Å². The molecular formula is C30H41NO13. The summed E-state index contributed by atoms with van der Waals surface area (Å²) in [7, 11) is 0. The second kappa shape index (κ2) is 14.8. The van der Waals surface area contributed by atoms with E-state index in [-0.39, 0.29) is 12.8 Å². The van der Waals surface area contributed by atoms with Crippen molar-refractivity contribution < 1.29 is 64.2 Å². The van der Waals surface area contributed by atoms with Crippen LogP contribution in [0, 0.1) is 0 Å². The Morgan fingerprint density at radius 3 is 2.18 bits per heavy atom. The van der Waals surface area contributed by atoms with Gasteiger partial charge in [-0.25, -0.2) is 0 Å². The van der Waals surface area contributed by atoms with Crippen LogP contribution in [0.1, 0.15) is 24.2 Å². The molecule has 14 heteroatoms. The van der Waals surface area contributed by atoms with Crippen molar-refractivity contribution in [3.63, 3.8) is 0 Å². The predicted octanol–water partition coefficient (Wildman–Crippen LogP) is -1.68. The van der Waals surface area contributed by atoms with Crippen molar-refractivity contribution >= 4 is 0 Å². The van der Waals surface area contributed by atoms with Crippen LogP contribution in [-0.4, -0.2) is 130 Å². The van der Waals surface area contributed by atoms with Crippen molar-refractivity contribution in [1.29, 1.82) is 0 Å². The normalized spacial score (nSPS) is 34.9. The number of aliphatic hydroxyl groups is 7. The number of ether oxygens (including phenoxy) is 6. The van der Waals surface area contributed by atoms with E-state index >= 15 is 0 Å². The summed E-state index contributed by atoms with van der Waals surface area (Å²) in [6.45, 7) is 1.44. The minimum atomic E-state index is -1.66. The van der Waals surface area contributed by atoms with Crippen LogP contribution in [0.25, 0.3) is 0 Å². The molecule has 0 bridgehead atoms. The minimum absolute atomic E-state index is 0.00878. The van der Waals surface area contributed by atoms with Gasteiger partial charge in [0.2, 0.25) is 6.79 Å². The van der Waals surface area contributed by atoms with Crippen LogP contribution >= 0.6 is 0 Å². The molecule has 12 atom stereocenters. The maximum absolute atomic E-state index is 10.8. The molecule has 44 heavy (non-hydrogen) atoms. The van der Waals surface area contributed by atoms with Gasteiger partial charge in [-0.15, -0.1) is 0 Å². The lowest BCUT2D eigenvalue weighted by atomic mass is 9.98. The topological polar surface area (TPSA) is 209 Å². The lowest BCUT2D eigenvalue weighted by molar-refractivity contribution is -0.336. The number of fused-ring (bicyclic) bond motifs is 1. The quantitative estimate of drug-likeness (QED) is 0.133. The van der Waals surface area contributed by atoms with Gasteiger partial charge in [-0.05, 0) is 36.6 Å². The first-order valence-electron chi connectivity index (χ1n) is 14.6. The van der Waals surface area contributed by atoms with Gasteiger partial charge in [-0.2, -0.15) is 0 Å². The zero-order chi connectivity index (χ0) is 31.4. The Hall–Kier alpha value is -2.44. The fourth-order valence-corrected chi connectivity index (χ4v) is 5.44. The van der Waals surface area contributed by atoms with Crippen molar-refractivity contribution in [2.75, 3.05) is 26.6 Å². The highest BCUT2D eigenvalue weighted by Gasteiger charge is 2.48. The fraction of sp³-hybridized carbons (Fsp3) is 0.600. The highest BCUT2D eigenvalue weighted by molar-refractivity contribution is 5.44. The van der Waals surface area contributed by atoms with Crippen LogP contribution in [0.15, 0.2) is 48.5 Å². The molecule has 0 saturated carbocycles. The average Bonchev–Trinajstić information content (AvgIpc) is 3.50. The van der Waals surface area contributed by atoms with Crippen LogP contribution in [-0.2, 0) is 25.4 Å². The number of rotatable bonds is 12. The Bertz CT molecular complexity index is 1190. The van der Waals surface area contributed by atoms with E-state index in [0.29, 0.717) is 24.5 Å². The fourth-order valence-electron chi connectivity index (χ4n) is 5.44. The van der Waals surface area contributed by atoms with E-state index in [0.717, 1.165) is 11.1 Å². The summed E-state index contributed by atoms with van der Waals surface area (Å²) in [6.07, 6.45) is -15.0. The molecule has 2 aromatic carbocycles. The van der Waals surface area contributed by atoms with Gasteiger partial charge in [-0.1, -0.05) is 36.4 Å². The first-order valence-corrected chi connectivity index (χ1v) is 14.6. The van der Waals surface area contributed by atoms with Gasteiger partial charge in [0, 0.05) is 12.6 Å². The Morgan fingerprint density at radius 1 is 0.795 bits per heavy atom. The second-order valence-electron chi connectivity index (χ2n) is 11.3. The van der Waals surface area contributed by atoms with Crippen molar-refractivity contribution in [2.24, 2.45) is 0 Å². The lowest BCUT2D eigenvalue weighted by Gasteiger charge is -2.43. The zero-order valence-corrected chi connectivity index (χ0v) is 24.2. The molecule has 5 rings (SSSR count). The molecule has 2 fully saturated rings. The van der Waals surface area contributed by atoms with Crippen LogP contribution in [0.4, 0.5) is 0 Å². The van der Waals surface area contributed by atoms with E-state index < -0.39 is 80.7 Å². The molecule has 3 heterocycles. The van der Waals surface area contributed by atoms with Crippen LogP contribution in [0.5, 0.6) is 11.5 Å². The standard InChI is InChI=1S/C30H41NO13/c1-15(9-16-7-8-18-19(10-16)41-14-40-18)31-11-20(17-5-3-2-4-6-17)42-30-28(38)26(36)24(34)22(44-30)13-39-29-27(37)25(35)23(33)21(12-32)43-29/h2-8,10,15,20-38H,9,11-14H2,1H3/t15?,20-,21+,22+,23+,24+,25-,26-,27+,28+,29+,30+/m0/s1. The third-order valence-corrected chi connectivity index (χ3v) is 8.04. The van der Waals surface area contributed by atoms with Gasteiger partial charge in [0.05, 0.1) is 19.3 Å². The molecule has 2 saturated heterocycles. The molecule has 1 unspecified atom stereocenters. The molecule has 0 aliphatic carbocycles. The predicted molar refractivity (Wildman–Crippen MR) is 150 cm³/mol. The SMILES string of the molecule is CC(Cc1ccc2c(c1)OCO2)NC[C@H](O[C@@H]1O[C@H](CO[C@@H]2O[C@H](CO)[C@@H](O)[C@H](O)[C@H]2O)[C@@H](O)[C@H](O)[C@H]1O)c1ccccc1. The summed E-state index contributed by atoms with van der Waals surface area (Å²) >= 11 is 0. The van der Waals surface area contributed by atoms with Crippen LogP contribution in [0.3, 0.4) is 0 Å². The van der Waals surface area contributed by atoms with E-state index in [9.17, 15) is 35.7 Å². The molecule has 244 valence electrons. The van der Waals surface area contributed by atoms with Gasteiger partial charge < -0.3 is 69.5 Å².